The Hall–Kier alpha value is -2.93. The van der Waals surface area contributed by atoms with Crippen LogP contribution in [0.15, 0.2) is 49.1 Å². The van der Waals surface area contributed by atoms with E-state index in [4.69, 9.17) is 0 Å². The topological polar surface area (TPSA) is 65.8 Å². The molecule has 2 atom stereocenters. The molecule has 7 nitrogen and oxygen atoms in total. The molecule has 2 bridgehead atoms. The van der Waals surface area contributed by atoms with Crippen molar-refractivity contribution in [3.8, 4) is 0 Å². The van der Waals surface area contributed by atoms with Gasteiger partial charge in [0.25, 0.3) is 0 Å². The van der Waals surface area contributed by atoms with Crippen molar-refractivity contribution < 1.29 is 4.79 Å². The average Bonchev–Trinajstić information content (AvgIpc) is 3.27. The fraction of sp³-hybridized carbons (Fsp3) is 0.435. The molecule has 30 heavy (non-hydrogen) atoms. The summed E-state index contributed by atoms with van der Waals surface area (Å²) in [6, 6.07) is 8.61. The van der Waals surface area contributed by atoms with E-state index in [9.17, 15) is 4.79 Å². The Bertz CT molecular complexity index is 1090. The maximum Gasteiger partial charge on any atom is 0.318 e. The van der Waals surface area contributed by atoms with Gasteiger partial charge in [0, 0.05) is 49.5 Å². The number of piperidine rings is 3. The Morgan fingerprint density at radius 1 is 1.10 bits per heavy atom. The average molecular weight is 403 g/mol. The van der Waals surface area contributed by atoms with Gasteiger partial charge in [-0.25, -0.2) is 14.8 Å². The lowest BCUT2D eigenvalue weighted by Gasteiger charge is -2.46. The van der Waals surface area contributed by atoms with Crippen molar-refractivity contribution in [2.45, 2.75) is 31.3 Å². The van der Waals surface area contributed by atoms with Gasteiger partial charge in [0.2, 0.25) is 5.78 Å². The molecule has 4 aliphatic rings. The van der Waals surface area contributed by atoms with Crippen LogP contribution in [0, 0.1) is 5.92 Å². The van der Waals surface area contributed by atoms with Gasteiger partial charge in [-0.3, -0.25) is 4.40 Å². The molecule has 3 aromatic rings. The van der Waals surface area contributed by atoms with Crippen molar-refractivity contribution in [3.05, 3.63) is 65.7 Å². The molecule has 3 saturated heterocycles. The fourth-order valence-electron chi connectivity index (χ4n) is 5.49. The lowest BCUT2D eigenvalue weighted by atomic mass is 9.84. The summed E-state index contributed by atoms with van der Waals surface area (Å²) in [5, 5.41) is 3.39. The number of hydrogen-bond acceptors (Lipinski definition) is 4. The summed E-state index contributed by atoms with van der Waals surface area (Å²) in [6.07, 6.45) is 10.8. The van der Waals surface area contributed by atoms with Crippen LogP contribution in [0.5, 0.6) is 0 Å². The minimum absolute atomic E-state index is 0.0407. The molecular weight excluding hydrogens is 376 g/mol. The molecule has 154 valence electrons. The van der Waals surface area contributed by atoms with Gasteiger partial charge >= 0.3 is 6.03 Å². The van der Waals surface area contributed by atoms with Crippen molar-refractivity contribution in [1.29, 1.82) is 0 Å². The summed E-state index contributed by atoms with van der Waals surface area (Å²) < 4.78 is 1.93. The first kappa shape index (κ1) is 17.9. The van der Waals surface area contributed by atoms with E-state index in [2.05, 4.69) is 50.6 Å². The predicted molar refractivity (Wildman–Crippen MR) is 113 cm³/mol. The SMILES string of the molecule is O=C(N[C@@H]1CN2CCC1CC2)N1CCc2ccccc2[C@@H]1c1cnc2nccn2c1. The molecule has 0 aliphatic carbocycles. The standard InChI is InChI=1S/C23H26N6O/c30-23(26-20-15-27-9-5-17(20)6-10-27)29-11-7-16-3-1-2-4-19(16)21(29)18-13-25-22-24-8-12-28(22)14-18/h1-4,8,12-14,17,20-21H,5-7,9-11,15H2,(H,26,30)/t20-,21+/m1/s1. The molecule has 6 heterocycles. The highest BCUT2D eigenvalue weighted by Gasteiger charge is 2.38. The number of urea groups is 1. The van der Waals surface area contributed by atoms with Crippen LogP contribution in [0.4, 0.5) is 4.79 Å². The maximum atomic E-state index is 13.5. The molecule has 2 aromatic heterocycles. The number of aromatic nitrogens is 3. The molecule has 0 unspecified atom stereocenters. The molecular formula is C23H26N6O. The molecule has 0 saturated carbocycles. The Kier molecular flexibility index (Phi) is 4.23. The van der Waals surface area contributed by atoms with Crippen LogP contribution < -0.4 is 5.32 Å². The predicted octanol–water partition coefficient (Wildman–Crippen LogP) is 2.48. The summed E-state index contributed by atoms with van der Waals surface area (Å²) in [4.78, 5) is 26.8. The van der Waals surface area contributed by atoms with Crippen LogP contribution in [0.2, 0.25) is 0 Å². The van der Waals surface area contributed by atoms with E-state index in [1.807, 2.05) is 21.7 Å². The monoisotopic (exact) mass is 402 g/mol. The van der Waals surface area contributed by atoms with Gasteiger partial charge in [0.1, 0.15) is 0 Å². The van der Waals surface area contributed by atoms with E-state index < -0.39 is 0 Å². The smallest absolute Gasteiger partial charge is 0.318 e. The molecule has 1 aromatic carbocycles. The van der Waals surface area contributed by atoms with Gasteiger partial charge in [-0.2, -0.15) is 0 Å². The Balaban J connectivity index is 1.34. The number of carbonyl (C=O) groups excluding carboxylic acids is 1. The molecule has 0 radical (unpaired) electrons. The molecule has 3 fully saturated rings. The van der Waals surface area contributed by atoms with Crippen molar-refractivity contribution >= 4 is 11.8 Å². The number of nitrogens with one attached hydrogen (secondary N) is 1. The van der Waals surface area contributed by atoms with Gasteiger partial charge in [0.15, 0.2) is 0 Å². The Labute approximate surface area is 175 Å². The van der Waals surface area contributed by atoms with Crippen molar-refractivity contribution in [2.24, 2.45) is 5.92 Å². The van der Waals surface area contributed by atoms with Crippen molar-refractivity contribution in [1.82, 2.24) is 29.5 Å². The zero-order valence-electron chi connectivity index (χ0n) is 16.9. The maximum absolute atomic E-state index is 13.5. The number of carbonyl (C=O) groups is 1. The van der Waals surface area contributed by atoms with Gasteiger partial charge in [0.05, 0.1) is 6.04 Å². The minimum atomic E-state index is -0.143. The van der Waals surface area contributed by atoms with Crippen molar-refractivity contribution in [3.63, 3.8) is 0 Å². The van der Waals surface area contributed by atoms with Crippen LogP contribution in [0.25, 0.3) is 5.78 Å². The third-order valence-electron chi connectivity index (χ3n) is 7.09. The molecule has 1 N–H and O–H groups in total. The quantitative estimate of drug-likeness (QED) is 0.715. The number of hydrogen-bond donors (Lipinski definition) is 1. The van der Waals surface area contributed by atoms with Gasteiger partial charge in [-0.1, -0.05) is 24.3 Å². The second-order valence-electron chi connectivity index (χ2n) is 8.76. The highest BCUT2D eigenvalue weighted by molar-refractivity contribution is 5.76. The van der Waals surface area contributed by atoms with Crippen LogP contribution in [0.1, 0.15) is 35.6 Å². The third-order valence-corrected chi connectivity index (χ3v) is 7.09. The summed E-state index contributed by atoms with van der Waals surface area (Å²) in [6.45, 7) is 4.03. The van der Waals surface area contributed by atoms with E-state index >= 15 is 0 Å². The molecule has 7 heteroatoms. The lowest BCUT2D eigenvalue weighted by molar-refractivity contribution is 0.0715. The Morgan fingerprint density at radius 2 is 1.97 bits per heavy atom. The van der Waals surface area contributed by atoms with Crippen molar-refractivity contribution in [2.75, 3.05) is 26.2 Å². The third kappa shape index (κ3) is 2.96. The number of benzene rings is 1. The first-order valence-electron chi connectivity index (χ1n) is 10.9. The van der Waals surface area contributed by atoms with E-state index in [-0.39, 0.29) is 18.1 Å². The highest BCUT2D eigenvalue weighted by atomic mass is 16.2. The second kappa shape index (κ2) is 7.09. The number of amides is 2. The van der Waals surface area contributed by atoms with Gasteiger partial charge in [-0.05, 0) is 49.4 Å². The number of imidazole rings is 1. The first-order chi connectivity index (χ1) is 14.8. The zero-order chi connectivity index (χ0) is 20.1. The van der Waals surface area contributed by atoms with Gasteiger partial charge < -0.3 is 15.1 Å². The largest absolute Gasteiger partial charge is 0.334 e. The number of nitrogens with zero attached hydrogens (tertiary/aromatic N) is 5. The number of fused-ring (bicyclic) bond motifs is 5. The van der Waals surface area contributed by atoms with Crippen LogP contribution in [-0.2, 0) is 6.42 Å². The summed E-state index contributed by atoms with van der Waals surface area (Å²) in [5.41, 5.74) is 3.51. The lowest BCUT2D eigenvalue weighted by Crippen LogP contribution is -2.59. The van der Waals surface area contributed by atoms with E-state index in [0.29, 0.717) is 18.2 Å². The highest BCUT2D eigenvalue weighted by Crippen LogP contribution is 2.35. The molecule has 0 spiro atoms. The number of rotatable bonds is 2. The van der Waals surface area contributed by atoms with E-state index in [1.54, 1.807) is 6.20 Å². The zero-order valence-corrected chi connectivity index (χ0v) is 16.9. The molecule has 7 rings (SSSR count). The fourth-order valence-corrected chi connectivity index (χ4v) is 5.49. The normalized spacial score (nSPS) is 27.8. The molecule has 2 amide bonds. The first-order valence-corrected chi connectivity index (χ1v) is 10.9. The summed E-state index contributed by atoms with van der Waals surface area (Å²) in [5.74, 6) is 1.28. The van der Waals surface area contributed by atoms with Gasteiger partial charge in [-0.15, -0.1) is 0 Å². The van der Waals surface area contributed by atoms with Crippen LogP contribution >= 0.6 is 0 Å². The minimum Gasteiger partial charge on any atom is -0.334 e. The van der Waals surface area contributed by atoms with Crippen LogP contribution in [0.3, 0.4) is 0 Å². The van der Waals surface area contributed by atoms with E-state index in [0.717, 1.165) is 18.5 Å². The summed E-state index contributed by atoms with van der Waals surface area (Å²) >= 11 is 0. The Morgan fingerprint density at radius 3 is 2.80 bits per heavy atom. The van der Waals surface area contributed by atoms with Crippen LogP contribution in [-0.4, -0.2) is 62.4 Å². The second-order valence-corrected chi connectivity index (χ2v) is 8.76. The molecule has 4 aliphatic heterocycles. The summed E-state index contributed by atoms with van der Waals surface area (Å²) in [7, 11) is 0. The van der Waals surface area contributed by atoms with E-state index in [1.165, 1.54) is 37.1 Å².